The Labute approximate surface area is 174 Å². The van der Waals surface area contributed by atoms with Gasteiger partial charge in [0, 0.05) is 11.4 Å². The first kappa shape index (κ1) is 20.4. The molecule has 2 aromatic carbocycles. The molecule has 0 fully saturated rings. The summed E-state index contributed by atoms with van der Waals surface area (Å²) in [6.45, 7) is 3.08. The molecule has 1 aromatic heterocycles. The number of likely N-dealkylation sites (N-methyl/N-ethyl adjacent to an activating group) is 1. The minimum absolute atomic E-state index is 0.108. The number of amides is 1. The average Bonchev–Trinajstić information content (AvgIpc) is 3.09. The van der Waals surface area contributed by atoms with Gasteiger partial charge in [0.05, 0.1) is 16.6 Å². The molecular formula is C22H23ClN2O2S. The first-order valence-electron chi connectivity index (χ1n) is 9.10. The van der Waals surface area contributed by atoms with Gasteiger partial charge in [-0.05, 0) is 43.8 Å². The highest BCUT2D eigenvalue weighted by atomic mass is 35.5. The van der Waals surface area contributed by atoms with E-state index in [0.717, 1.165) is 14.8 Å². The van der Waals surface area contributed by atoms with Gasteiger partial charge in [0.1, 0.15) is 11.8 Å². The van der Waals surface area contributed by atoms with Crippen molar-refractivity contribution in [2.24, 2.45) is 0 Å². The Balaban J connectivity index is 1.85. The van der Waals surface area contributed by atoms with Gasteiger partial charge in [0.25, 0.3) is 0 Å². The van der Waals surface area contributed by atoms with Crippen molar-refractivity contribution < 1.29 is 9.53 Å². The van der Waals surface area contributed by atoms with E-state index in [1.807, 2.05) is 85.6 Å². The summed E-state index contributed by atoms with van der Waals surface area (Å²) in [5.41, 5.74) is 1.60. The summed E-state index contributed by atoms with van der Waals surface area (Å²) in [7, 11) is 1.94. The van der Waals surface area contributed by atoms with E-state index in [1.54, 1.807) is 0 Å². The lowest BCUT2D eigenvalue weighted by Gasteiger charge is -2.27. The number of halogens is 1. The van der Waals surface area contributed by atoms with Gasteiger partial charge in [-0.15, -0.1) is 11.3 Å². The predicted octanol–water partition coefficient (Wildman–Crippen LogP) is 5.61. The van der Waals surface area contributed by atoms with Crippen LogP contribution in [-0.2, 0) is 11.3 Å². The molecule has 0 aliphatic heterocycles. The lowest BCUT2D eigenvalue weighted by Crippen LogP contribution is -2.34. The summed E-state index contributed by atoms with van der Waals surface area (Å²) in [5.74, 6) is 0.557. The zero-order valence-electron chi connectivity index (χ0n) is 15.9. The number of thiophene rings is 1. The summed E-state index contributed by atoms with van der Waals surface area (Å²) >= 11 is 7.59. The molecule has 0 aliphatic carbocycles. The molecule has 146 valence electrons. The molecule has 6 heteroatoms. The van der Waals surface area contributed by atoms with Crippen LogP contribution in [-0.4, -0.2) is 24.5 Å². The van der Waals surface area contributed by atoms with E-state index < -0.39 is 6.04 Å². The van der Waals surface area contributed by atoms with Crippen molar-refractivity contribution >= 4 is 34.5 Å². The molecule has 0 saturated carbocycles. The fourth-order valence-electron chi connectivity index (χ4n) is 3.07. The standard InChI is InChI=1S/C22H23ClN2O2S/c1-3-27-19-12-8-7-11-18(19)24-22(26)21(16-9-5-4-6-10-16)25(2)15-17-13-14-20(23)28-17/h4-14,21H,3,15H2,1-2H3,(H,24,26). The number of ether oxygens (including phenoxy) is 1. The van der Waals surface area contributed by atoms with Crippen LogP contribution in [0.1, 0.15) is 23.4 Å². The molecule has 1 unspecified atom stereocenters. The van der Waals surface area contributed by atoms with Crippen molar-refractivity contribution in [1.29, 1.82) is 0 Å². The van der Waals surface area contributed by atoms with Gasteiger partial charge in [0.2, 0.25) is 5.91 Å². The Morgan fingerprint density at radius 2 is 1.82 bits per heavy atom. The lowest BCUT2D eigenvalue weighted by molar-refractivity contribution is -0.121. The molecule has 1 N–H and O–H groups in total. The summed E-state index contributed by atoms with van der Waals surface area (Å²) in [5, 5.41) is 3.04. The molecule has 28 heavy (non-hydrogen) atoms. The van der Waals surface area contributed by atoms with Gasteiger partial charge in [0.15, 0.2) is 0 Å². The normalized spacial score (nSPS) is 12.0. The van der Waals surface area contributed by atoms with Crippen LogP contribution in [0.5, 0.6) is 5.75 Å². The van der Waals surface area contributed by atoms with Crippen molar-refractivity contribution in [2.45, 2.75) is 19.5 Å². The summed E-state index contributed by atoms with van der Waals surface area (Å²) in [6.07, 6.45) is 0. The highest BCUT2D eigenvalue weighted by molar-refractivity contribution is 7.16. The number of hydrogen-bond acceptors (Lipinski definition) is 4. The van der Waals surface area contributed by atoms with E-state index in [1.165, 1.54) is 11.3 Å². The average molecular weight is 415 g/mol. The summed E-state index contributed by atoms with van der Waals surface area (Å²) in [4.78, 5) is 16.4. The van der Waals surface area contributed by atoms with Crippen LogP contribution in [0.15, 0.2) is 66.7 Å². The third-order valence-electron chi connectivity index (χ3n) is 4.28. The molecule has 1 heterocycles. The van der Waals surface area contributed by atoms with Crippen molar-refractivity contribution in [2.75, 3.05) is 19.0 Å². The Hall–Kier alpha value is -2.34. The predicted molar refractivity (Wildman–Crippen MR) is 116 cm³/mol. The summed E-state index contributed by atoms with van der Waals surface area (Å²) in [6, 6.07) is 20.7. The van der Waals surface area contributed by atoms with E-state index in [-0.39, 0.29) is 5.91 Å². The maximum atomic E-state index is 13.3. The number of anilines is 1. The quantitative estimate of drug-likeness (QED) is 0.520. The molecule has 3 aromatic rings. The number of nitrogens with one attached hydrogen (secondary N) is 1. The van der Waals surface area contributed by atoms with Crippen LogP contribution in [0.25, 0.3) is 0 Å². The highest BCUT2D eigenvalue weighted by Crippen LogP contribution is 2.29. The third kappa shape index (κ3) is 5.13. The zero-order valence-corrected chi connectivity index (χ0v) is 17.5. The third-order valence-corrected chi connectivity index (χ3v) is 5.50. The number of para-hydroxylation sites is 2. The van der Waals surface area contributed by atoms with Crippen molar-refractivity contribution in [1.82, 2.24) is 4.90 Å². The van der Waals surface area contributed by atoms with E-state index in [0.29, 0.717) is 24.6 Å². The molecule has 0 spiro atoms. The van der Waals surface area contributed by atoms with Crippen LogP contribution >= 0.6 is 22.9 Å². The summed E-state index contributed by atoms with van der Waals surface area (Å²) < 4.78 is 6.39. The molecule has 0 saturated heterocycles. The van der Waals surface area contributed by atoms with Crippen molar-refractivity contribution in [3.63, 3.8) is 0 Å². The largest absolute Gasteiger partial charge is 0.492 e. The number of rotatable bonds is 8. The van der Waals surface area contributed by atoms with Crippen LogP contribution in [0.3, 0.4) is 0 Å². The van der Waals surface area contributed by atoms with Gasteiger partial charge in [-0.2, -0.15) is 0 Å². The fourth-order valence-corrected chi connectivity index (χ4v) is 4.22. The monoisotopic (exact) mass is 414 g/mol. The first-order chi connectivity index (χ1) is 13.6. The van der Waals surface area contributed by atoms with E-state index in [2.05, 4.69) is 5.32 Å². The molecule has 0 aliphatic rings. The zero-order chi connectivity index (χ0) is 19.9. The number of nitrogens with zero attached hydrogens (tertiary/aromatic N) is 1. The Morgan fingerprint density at radius 1 is 1.11 bits per heavy atom. The van der Waals surface area contributed by atoms with Crippen molar-refractivity contribution in [3.8, 4) is 5.75 Å². The second-order valence-corrected chi connectivity index (χ2v) is 8.15. The highest BCUT2D eigenvalue weighted by Gasteiger charge is 2.26. The van der Waals surface area contributed by atoms with Gasteiger partial charge >= 0.3 is 0 Å². The van der Waals surface area contributed by atoms with E-state index in [9.17, 15) is 4.79 Å². The number of benzene rings is 2. The minimum atomic E-state index is -0.447. The fraction of sp³-hybridized carbons (Fsp3) is 0.227. The molecule has 3 rings (SSSR count). The topological polar surface area (TPSA) is 41.6 Å². The molecule has 4 nitrogen and oxygen atoms in total. The van der Waals surface area contributed by atoms with E-state index >= 15 is 0 Å². The van der Waals surface area contributed by atoms with E-state index in [4.69, 9.17) is 16.3 Å². The number of carbonyl (C=O) groups excluding carboxylic acids is 1. The Morgan fingerprint density at radius 3 is 2.50 bits per heavy atom. The van der Waals surface area contributed by atoms with Crippen LogP contribution in [0.2, 0.25) is 4.34 Å². The molecule has 1 atom stereocenters. The van der Waals surface area contributed by atoms with Gasteiger partial charge in [-0.1, -0.05) is 54.1 Å². The van der Waals surface area contributed by atoms with Crippen LogP contribution in [0.4, 0.5) is 5.69 Å². The van der Waals surface area contributed by atoms with Crippen molar-refractivity contribution in [3.05, 3.63) is 81.5 Å². The number of carbonyl (C=O) groups is 1. The Kier molecular flexibility index (Phi) is 7.09. The smallest absolute Gasteiger partial charge is 0.246 e. The number of hydrogen-bond donors (Lipinski definition) is 1. The van der Waals surface area contributed by atoms with Gasteiger partial charge in [-0.25, -0.2) is 0 Å². The van der Waals surface area contributed by atoms with Gasteiger partial charge in [-0.3, -0.25) is 9.69 Å². The maximum Gasteiger partial charge on any atom is 0.246 e. The lowest BCUT2D eigenvalue weighted by atomic mass is 10.0. The maximum absolute atomic E-state index is 13.3. The minimum Gasteiger partial charge on any atom is -0.492 e. The van der Waals surface area contributed by atoms with Gasteiger partial charge < -0.3 is 10.1 Å². The first-order valence-corrected chi connectivity index (χ1v) is 10.3. The molecular weight excluding hydrogens is 392 g/mol. The van der Waals surface area contributed by atoms with Crippen LogP contribution in [0, 0.1) is 0 Å². The second-order valence-electron chi connectivity index (χ2n) is 6.35. The molecule has 0 radical (unpaired) electrons. The Bertz CT molecular complexity index is 914. The van der Waals surface area contributed by atoms with Crippen LogP contribution < -0.4 is 10.1 Å². The second kappa shape index (κ2) is 9.73. The molecule has 0 bridgehead atoms. The SMILES string of the molecule is CCOc1ccccc1NC(=O)C(c1ccccc1)N(C)Cc1ccc(Cl)s1. The molecule has 1 amide bonds.